The smallest absolute Gasteiger partial charge is 0.379 e. The van der Waals surface area contributed by atoms with Crippen molar-refractivity contribution in [3.8, 4) is 0 Å². The summed E-state index contributed by atoms with van der Waals surface area (Å²) in [6.45, 7) is 5.07. The lowest BCUT2D eigenvalue weighted by Gasteiger charge is -2.40. The van der Waals surface area contributed by atoms with E-state index in [-0.39, 0.29) is 5.43 Å². The highest BCUT2D eigenvalue weighted by Gasteiger charge is 2.56. The lowest BCUT2D eigenvalue weighted by Crippen LogP contribution is -2.52. The molecule has 1 N–H and O–H groups in total. The van der Waals surface area contributed by atoms with E-state index in [2.05, 4.69) is 0 Å². The zero-order valence-electron chi connectivity index (χ0n) is 18.2. The van der Waals surface area contributed by atoms with Gasteiger partial charge in [-0.3, -0.25) is 4.79 Å². The van der Waals surface area contributed by atoms with E-state index in [0.29, 0.717) is 41.9 Å². The molecule has 8 heteroatoms. The highest BCUT2D eigenvalue weighted by molar-refractivity contribution is 5.33. The molecule has 3 rings (SSSR count). The van der Waals surface area contributed by atoms with Crippen LogP contribution in [0.5, 0.6) is 0 Å². The Morgan fingerprint density at radius 3 is 2.48 bits per heavy atom. The molecule has 0 amide bonds. The average molecular weight is 440 g/mol. The molecule has 0 radical (unpaired) electrons. The number of alkyl halides is 3. The standard InChI is InChI=1S/C23H28F4N2O2/c1-15-5-6-16(24)11-18(15)21(2,3)13-22(31,23(25,26)27)14-29-10-8-20(30)17-12-28(4)9-7-19(17)29/h5-6,8,10-11,31H,7,9,12-14H2,1-4H3. The van der Waals surface area contributed by atoms with E-state index in [1.165, 1.54) is 35.0 Å². The molecule has 0 spiro atoms. The predicted octanol–water partition coefficient (Wildman–Crippen LogP) is 3.95. The molecule has 1 atom stereocenters. The maximum atomic E-state index is 14.2. The summed E-state index contributed by atoms with van der Waals surface area (Å²) in [4.78, 5) is 14.2. The van der Waals surface area contributed by atoms with Gasteiger partial charge in [0, 0.05) is 43.0 Å². The molecule has 0 aliphatic carbocycles. The Hall–Kier alpha value is -2.19. The normalized spacial score (nSPS) is 17.3. The lowest BCUT2D eigenvalue weighted by molar-refractivity contribution is -0.271. The fourth-order valence-electron chi connectivity index (χ4n) is 4.60. The largest absolute Gasteiger partial charge is 0.418 e. The molecule has 170 valence electrons. The summed E-state index contributed by atoms with van der Waals surface area (Å²) in [5.41, 5.74) is -2.39. The van der Waals surface area contributed by atoms with Crippen molar-refractivity contribution in [3.05, 3.63) is 68.9 Å². The molecule has 1 aliphatic heterocycles. The van der Waals surface area contributed by atoms with Gasteiger partial charge in [0.15, 0.2) is 11.0 Å². The number of rotatable bonds is 5. The maximum Gasteiger partial charge on any atom is 0.418 e. The van der Waals surface area contributed by atoms with Gasteiger partial charge in [0.25, 0.3) is 0 Å². The number of likely N-dealkylation sites (N-methyl/N-ethyl adjacent to an activating group) is 1. The number of aliphatic hydroxyl groups is 1. The van der Waals surface area contributed by atoms with Gasteiger partial charge in [0.2, 0.25) is 0 Å². The fraction of sp³-hybridized carbons (Fsp3) is 0.522. The number of nitrogens with zero attached hydrogens (tertiary/aromatic N) is 2. The van der Waals surface area contributed by atoms with Crippen molar-refractivity contribution >= 4 is 0 Å². The summed E-state index contributed by atoms with van der Waals surface area (Å²) in [6, 6.07) is 5.25. The Morgan fingerprint density at radius 1 is 1.16 bits per heavy atom. The lowest BCUT2D eigenvalue weighted by atomic mass is 9.73. The number of benzene rings is 1. The van der Waals surface area contributed by atoms with E-state index in [1.54, 1.807) is 20.8 Å². The van der Waals surface area contributed by atoms with E-state index in [1.807, 2.05) is 11.9 Å². The van der Waals surface area contributed by atoms with Crippen LogP contribution in [0.1, 0.15) is 42.7 Å². The minimum atomic E-state index is -4.92. The van der Waals surface area contributed by atoms with Crippen LogP contribution in [0.15, 0.2) is 35.3 Å². The second-order valence-electron chi connectivity index (χ2n) is 9.27. The second-order valence-corrected chi connectivity index (χ2v) is 9.27. The van der Waals surface area contributed by atoms with Gasteiger partial charge >= 0.3 is 6.18 Å². The topological polar surface area (TPSA) is 45.5 Å². The molecule has 2 aromatic rings. The van der Waals surface area contributed by atoms with Crippen molar-refractivity contribution in [1.29, 1.82) is 0 Å². The van der Waals surface area contributed by atoms with Crippen LogP contribution in [0.2, 0.25) is 0 Å². The van der Waals surface area contributed by atoms with E-state index in [0.717, 1.165) is 0 Å². The number of hydrogen-bond donors (Lipinski definition) is 1. The Bertz CT molecular complexity index is 1030. The van der Waals surface area contributed by atoms with Gasteiger partial charge in [-0.25, -0.2) is 4.39 Å². The summed E-state index contributed by atoms with van der Waals surface area (Å²) >= 11 is 0. The number of fused-ring (bicyclic) bond motifs is 1. The van der Waals surface area contributed by atoms with E-state index < -0.39 is 36.0 Å². The minimum Gasteiger partial charge on any atom is -0.379 e. The third kappa shape index (κ3) is 4.70. The second kappa shape index (κ2) is 8.06. The van der Waals surface area contributed by atoms with Crippen LogP contribution in [0.4, 0.5) is 17.6 Å². The first-order valence-electron chi connectivity index (χ1n) is 10.2. The number of halogens is 4. The van der Waals surface area contributed by atoms with Gasteiger partial charge in [-0.2, -0.15) is 13.2 Å². The van der Waals surface area contributed by atoms with Crippen molar-refractivity contribution in [2.75, 3.05) is 13.6 Å². The Kier molecular flexibility index (Phi) is 6.10. The summed E-state index contributed by atoms with van der Waals surface area (Å²) in [5.74, 6) is -0.539. The Morgan fingerprint density at radius 2 is 1.84 bits per heavy atom. The number of pyridine rings is 1. The van der Waals surface area contributed by atoms with Gasteiger partial charge in [-0.1, -0.05) is 19.9 Å². The highest BCUT2D eigenvalue weighted by atomic mass is 19.4. The first-order valence-corrected chi connectivity index (χ1v) is 10.2. The van der Waals surface area contributed by atoms with Crippen LogP contribution in [-0.4, -0.2) is 39.9 Å². The Balaban J connectivity index is 2.02. The monoisotopic (exact) mass is 440 g/mol. The molecular weight excluding hydrogens is 412 g/mol. The van der Waals surface area contributed by atoms with Gasteiger partial charge in [-0.15, -0.1) is 0 Å². The van der Waals surface area contributed by atoms with Crippen molar-refractivity contribution < 1.29 is 22.7 Å². The van der Waals surface area contributed by atoms with Gasteiger partial charge in [-0.05, 0) is 49.1 Å². The molecule has 1 unspecified atom stereocenters. The molecule has 0 saturated carbocycles. The molecule has 1 aliphatic rings. The van der Waals surface area contributed by atoms with Crippen LogP contribution in [0.3, 0.4) is 0 Å². The summed E-state index contributed by atoms with van der Waals surface area (Å²) in [7, 11) is 1.84. The summed E-state index contributed by atoms with van der Waals surface area (Å²) in [6.07, 6.45) is -3.84. The molecular formula is C23H28F4N2O2. The predicted molar refractivity (Wildman–Crippen MR) is 111 cm³/mol. The first kappa shape index (κ1) is 23.5. The molecule has 4 nitrogen and oxygen atoms in total. The maximum absolute atomic E-state index is 14.2. The molecule has 0 fully saturated rings. The molecule has 0 bridgehead atoms. The van der Waals surface area contributed by atoms with Gasteiger partial charge in [0.1, 0.15) is 5.82 Å². The van der Waals surface area contributed by atoms with Crippen LogP contribution >= 0.6 is 0 Å². The van der Waals surface area contributed by atoms with Crippen molar-refractivity contribution in [3.63, 3.8) is 0 Å². The number of hydrogen-bond acceptors (Lipinski definition) is 3. The third-order valence-corrected chi connectivity index (χ3v) is 6.18. The van der Waals surface area contributed by atoms with E-state index >= 15 is 0 Å². The molecule has 1 aromatic heterocycles. The van der Waals surface area contributed by atoms with Crippen LogP contribution < -0.4 is 5.43 Å². The molecule has 1 aromatic carbocycles. The van der Waals surface area contributed by atoms with Crippen molar-refractivity contribution in [2.24, 2.45) is 0 Å². The van der Waals surface area contributed by atoms with Crippen LogP contribution in [0.25, 0.3) is 0 Å². The van der Waals surface area contributed by atoms with E-state index in [9.17, 15) is 27.5 Å². The fourth-order valence-corrected chi connectivity index (χ4v) is 4.60. The van der Waals surface area contributed by atoms with Crippen LogP contribution in [0, 0.1) is 12.7 Å². The third-order valence-electron chi connectivity index (χ3n) is 6.18. The van der Waals surface area contributed by atoms with E-state index in [4.69, 9.17) is 0 Å². The highest BCUT2D eigenvalue weighted by Crippen LogP contribution is 2.43. The summed E-state index contributed by atoms with van der Waals surface area (Å²) in [5, 5.41) is 11.0. The SMILES string of the molecule is Cc1ccc(F)cc1C(C)(C)CC(O)(Cn1ccc(=O)c2c1CCN(C)C2)C(F)(F)F. The van der Waals surface area contributed by atoms with Crippen LogP contribution in [-0.2, 0) is 24.9 Å². The number of aryl methyl sites for hydroxylation is 1. The first-order chi connectivity index (χ1) is 14.2. The quantitative estimate of drug-likeness (QED) is 0.717. The summed E-state index contributed by atoms with van der Waals surface area (Å²) < 4.78 is 57.7. The molecule has 0 saturated heterocycles. The van der Waals surface area contributed by atoms with Gasteiger partial charge < -0.3 is 14.6 Å². The average Bonchev–Trinajstić information content (AvgIpc) is 2.65. The molecule has 31 heavy (non-hydrogen) atoms. The number of aromatic nitrogens is 1. The minimum absolute atomic E-state index is 0.218. The zero-order valence-corrected chi connectivity index (χ0v) is 18.2. The molecule has 2 heterocycles. The van der Waals surface area contributed by atoms with Crippen molar-refractivity contribution in [2.45, 2.75) is 63.9 Å². The Labute approximate surface area is 179 Å². The van der Waals surface area contributed by atoms with Crippen molar-refractivity contribution in [1.82, 2.24) is 9.47 Å². The zero-order chi connectivity index (χ0) is 23.2. The van der Waals surface area contributed by atoms with Gasteiger partial charge in [0.05, 0.1) is 6.54 Å².